The smallest absolute Gasteiger partial charge is 0.223 e. The Morgan fingerprint density at radius 3 is 2.38 bits per heavy atom. The Balaban J connectivity index is 2.27. The highest BCUT2D eigenvalue weighted by Gasteiger charge is 2.09. The number of carbonyl (C=O) groups excluding carboxylic acids is 1. The van der Waals surface area contributed by atoms with Crippen LogP contribution in [0.15, 0.2) is 53.7 Å². The van der Waals surface area contributed by atoms with Gasteiger partial charge >= 0.3 is 0 Å². The van der Waals surface area contributed by atoms with E-state index in [1.807, 2.05) is 0 Å². The second kappa shape index (κ2) is 6.42. The van der Waals surface area contributed by atoms with Crippen molar-refractivity contribution in [3.63, 3.8) is 0 Å². The summed E-state index contributed by atoms with van der Waals surface area (Å²) in [6.45, 7) is 0. The van der Waals surface area contributed by atoms with Crippen LogP contribution in [0.2, 0.25) is 0 Å². The molecule has 108 valence electrons. The lowest BCUT2D eigenvalue weighted by molar-refractivity contribution is -0.116. The Morgan fingerprint density at radius 1 is 1.10 bits per heavy atom. The van der Waals surface area contributed by atoms with E-state index in [0.29, 0.717) is 11.3 Å². The van der Waals surface area contributed by atoms with Crippen LogP contribution in [0, 0.1) is 0 Å². The van der Waals surface area contributed by atoms with E-state index in [2.05, 4.69) is 5.16 Å². The van der Waals surface area contributed by atoms with Crippen LogP contribution in [-0.2, 0) is 4.79 Å². The molecule has 0 aromatic heterocycles. The molecule has 0 bridgehead atoms. The molecule has 0 aliphatic carbocycles. The molecule has 2 aromatic carbocycles. The van der Waals surface area contributed by atoms with Crippen LogP contribution >= 0.6 is 0 Å². The number of nitrogens with two attached hydrogens (primary N) is 1. The molecule has 0 spiro atoms. The molecule has 0 heterocycles. The first-order chi connectivity index (χ1) is 10.0. The van der Waals surface area contributed by atoms with Crippen molar-refractivity contribution >= 4 is 11.6 Å². The number of hydrogen-bond acceptors (Lipinski definition) is 5. The van der Waals surface area contributed by atoms with Gasteiger partial charge in [-0.25, -0.2) is 0 Å². The van der Waals surface area contributed by atoms with Crippen LogP contribution in [0.3, 0.4) is 0 Å². The number of oxime groups is 1. The molecule has 0 unspecified atom stereocenters. The summed E-state index contributed by atoms with van der Waals surface area (Å²) in [5.41, 5.74) is 5.99. The molecule has 0 radical (unpaired) electrons. The Kier molecular flexibility index (Phi) is 4.40. The largest absolute Gasteiger partial charge is 0.508 e. The number of aromatic hydroxyl groups is 2. The number of phenols is 2. The van der Waals surface area contributed by atoms with Crippen molar-refractivity contribution in [2.75, 3.05) is 0 Å². The highest BCUT2D eigenvalue weighted by atomic mass is 16.6. The van der Waals surface area contributed by atoms with Gasteiger partial charge in [-0.05, 0) is 24.3 Å². The molecule has 0 fully saturated rings. The van der Waals surface area contributed by atoms with E-state index in [-0.39, 0.29) is 23.6 Å². The van der Waals surface area contributed by atoms with E-state index >= 15 is 0 Å². The van der Waals surface area contributed by atoms with E-state index in [9.17, 15) is 15.0 Å². The predicted octanol–water partition coefficient (Wildman–Crippen LogP) is 1.76. The van der Waals surface area contributed by atoms with Crippen molar-refractivity contribution in [2.45, 2.75) is 6.42 Å². The topological polar surface area (TPSA) is 105 Å². The third-order valence-electron chi connectivity index (χ3n) is 2.60. The fraction of sp³-hybridized carbons (Fsp3) is 0.0667. The van der Waals surface area contributed by atoms with Crippen molar-refractivity contribution < 1.29 is 19.8 Å². The number of nitrogens with zero attached hydrogens (tertiary/aromatic N) is 1. The lowest BCUT2D eigenvalue weighted by Gasteiger charge is -2.06. The van der Waals surface area contributed by atoms with Gasteiger partial charge in [-0.2, -0.15) is 0 Å². The van der Waals surface area contributed by atoms with Gasteiger partial charge in [0, 0.05) is 11.6 Å². The molecule has 0 saturated heterocycles. The number of primary amides is 1. The fourth-order valence-electron chi connectivity index (χ4n) is 1.69. The molecule has 6 nitrogen and oxygen atoms in total. The van der Waals surface area contributed by atoms with Crippen molar-refractivity contribution in [1.82, 2.24) is 0 Å². The summed E-state index contributed by atoms with van der Waals surface area (Å²) in [5, 5.41) is 22.7. The second-order valence-corrected chi connectivity index (χ2v) is 4.32. The molecule has 0 aliphatic rings. The van der Waals surface area contributed by atoms with Crippen molar-refractivity contribution in [3.05, 3.63) is 54.1 Å². The third kappa shape index (κ3) is 4.24. The number of benzene rings is 2. The van der Waals surface area contributed by atoms with Gasteiger partial charge in [0.05, 0.1) is 12.1 Å². The highest BCUT2D eigenvalue weighted by molar-refractivity contribution is 6.10. The average molecular weight is 286 g/mol. The minimum atomic E-state index is -0.573. The molecular weight excluding hydrogens is 272 g/mol. The van der Waals surface area contributed by atoms with Crippen LogP contribution in [0.5, 0.6) is 17.2 Å². The lowest BCUT2D eigenvalue weighted by atomic mass is 10.1. The van der Waals surface area contributed by atoms with Gasteiger partial charge in [0.2, 0.25) is 5.91 Å². The zero-order chi connectivity index (χ0) is 15.2. The second-order valence-electron chi connectivity index (χ2n) is 4.32. The molecule has 2 rings (SSSR count). The first-order valence-corrected chi connectivity index (χ1v) is 6.15. The Morgan fingerprint density at radius 2 is 1.76 bits per heavy atom. The Hall–Kier alpha value is -3.02. The SMILES string of the molecule is NC(=O)C/C(=N\Oc1cccc(O)c1)c1cccc(O)c1. The molecular formula is C15H14N2O4. The van der Waals surface area contributed by atoms with E-state index < -0.39 is 5.91 Å². The molecule has 4 N–H and O–H groups in total. The number of hydrogen-bond donors (Lipinski definition) is 3. The van der Waals surface area contributed by atoms with Crippen molar-refractivity contribution in [3.8, 4) is 17.2 Å². The van der Waals surface area contributed by atoms with Crippen molar-refractivity contribution in [2.24, 2.45) is 10.9 Å². The van der Waals surface area contributed by atoms with Gasteiger partial charge in [0.25, 0.3) is 0 Å². The molecule has 1 amide bonds. The number of amides is 1. The van der Waals surface area contributed by atoms with Gasteiger partial charge < -0.3 is 20.8 Å². The molecule has 21 heavy (non-hydrogen) atoms. The number of carbonyl (C=O) groups is 1. The van der Waals surface area contributed by atoms with Crippen LogP contribution in [0.25, 0.3) is 0 Å². The zero-order valence-corrected chi connectivity index (χ0v) is 11.1. The maximum atomic E-state index is 11.1. The zero-order valence-electron chi connectivity index (χ0n) is 11.1. The fourth-order valence-corrected chi connectivity index (χ4v) is 1.69. The lowest BCUT2D eigenvalue weighted by Crippen LogP contribution is -2.17. The van der Waals surface area contributed by atoms with E-state index in [4.69, 9.17) is 10.6 Å². The van der Waals surface area contributed by atoms with Crippen LogP contribution in [0.4, 0.5) is 0 Å². The summed E-state index contributed by atoms with van der Waals surface area (Å²) in [4.78, 5) is 16.3. The van der Waals surface area contributed by atoms with E-state index in [0.717, 1.165) is 0 Å². The Bertz CT molecular complexity index is 683. The summed E-state index contributed by atoms with van der Waals surface area (Å²) < 4.78 is 0. The third-order valence-corrected chi connectivity index (χ3v) is 2.60. The quantitative estimate of drug-likeness (QED) is 0.575. The Labute approximate surface area is 121 Å². The first-order valence-electron chi connectivity index (χ1n) is 6.15. The first kappa shape index (κ1) is 14.4. The molecule has 0 saturated carbocycles. The minimum absolute atomic E-state index is 0.0384. The average Bonchev–Trinajstić information content (AvgIpc) is 2.43. The summed E-state index contributed by atoms with van der Waals surface area (Å²) in [6.07, 6.45) is -0.137. The van der Waals surface area contributed by atoms with Gasteiger partial charge in [-0.3, -0.25) is 4.79 Å². The van der Waals surface area contributed by atoms with Crippen molar-refractivity contribution in [1.29, 1.82) is 0 Å². The molecule has 0 aliphatic heterocycles. The molecule has 0 atom stereocenters. The normalized spacial score (nSPS) is 11.1. The number of phenolic OH excluding ortho intramolecular Hbond substituents is 2. The van der Waals surface area contributed by atoms with Gasteiger partial charge in [-0.1, -0.05) is 23.4 Å². The van der Waals surface area contributed by atoms with E-state index in [1.54, 1.807) is 24.3 Å². The summed E-state index contributed by atoms with van der Waals surface area (Å²) in [6, 6.07) is 12.3. The van der Waals surface area contributed by atoms with Crippen LogP contribution in [-0.4, -0.2) is 21.8 Å². The maximum absolute atomic E-state index is 11.1. The molecule has 2 aromatic rings. The van der Waals surface area contributed by atoms with Gasteiger partial charge in [0.15, 0.2) is 5.75 Å². The maximum Gasteiger partial charge on any atom is 0.223 e. The summed E-state index contributed by atoms with van der Waals surface area (Å²) in [5.74, 6) is -0.174. The van der Waals surface area contributed by atoms with Gasteiger partial charge in [0.1, 0.15) is 11.5 Å². The monoisotopic (exact) mass is 286 g/mol. The van der Waals surface area contributed by atoms with Gasteiger partial charge in [-0.15, -0.1) is 0 Å². The standard InChI is InChI=1S/C15H14N2O4/c16-15(20)9-14(10-3-1-4-11(18)7-10)17-21-13-6-2-5-12(19)8-13/h1-8,18-19H,9H2,(H2,16,20)/b17-14+. The van der Waals surface area contributed by atoms with Crippen LogP contribution < -0.4 is 10.6 Å². The summed E-state index contributed by atoms with van der Waals surface area (Å²) >= 11 is 0. The number of rotatable bonds is 5. The minimum Gasteiger partial charge on any atom is -0.508 e. The molecule has 6 heteroatoms. The summed E-state index contributed by atoms with van der Waals surface area (Å²) in [7, 11) is 0. The predicted molar refractivity (Wildman–Crippen MR) is 77.2 cm³/mol. The van der Waals surface area contributed by atoms with Crippen LogP contribution in [0.1, 0.15) is 12.0 Å². The van der Waals surface area contributed by atoms with E-state index in [1.165, 1.54) is 24.3 Å². The highest BCUT2D eigenvalue weighted by Crippen LogP contribution is 2.19.